The van der Waals surface area contributed by atoms with Gasteiger partial charge in [0.2, 0.25) is 0 Å². The lowest BCUT2D eigenvalue weighted by Crippen LogP contribution is -2.53. The van der Waals surface area contributed by atoms with E-state index in [1.807, 2.05) is 0 Å². The van der Waals surface area contributed by atoms with Crippen LogP contribution in [0.2, 0.25) is 0 Å². The van der Waals surface area contributed by atoms with Gasteiger partial charge in [-0.15, -0.1) is 0 Å². The molecule has 0 bridgehead atoms. The van der Waals surface area contributed by atoms with E-state index in [4.69, 9.17) is 18.0 Å². The third kappa shape index (κ3) is 6.33. The third-order valence-corrected chi connectivity index (χ3v) is 4.52. The monoisotopic (exact) mass is 333 g/mol. The molecule has 0 radical (unpaired) electrons. The Balaban J connectivity index is 2.66. The first-order valence-electron chi connectivity index (χ1n) is 6.24. The minimum atomic E-state index is -4.61. The van der Waals surface area contributed by atoms with Crippen molar-refractivity contribution >= 4 is 27.4 Å². The van der Waals surface area contributed by atoms with Crippen LogP contribution in [0.1, 0.15) is 32.1 Å². The summed E-state index contributed by atoms with van der Waals surface area (Å²) in [5, 5.41) is 0. The topological polar surface area (TPSA) is 84.2 Å². The van der Waals surface area contributed by atoms with Crippen molar-refractivity contribution < 1.29 is 21.6 Å². The van der Waals surface area contributed by atoms with Crippen molar-refractivity contribution in [1.82, 2.24) is 9.44 Å². The summed E-state index contributed by atoms with van der Waals surface area (Å²) in [7, 11) is -4.30. The number of hydrogen-bond acceptors (Lipinski definition) is 3. The fourth-order valence-corrected chi connectivity index (χ4v) is 3.66. The standard InChI is InChI=1S/C10H18F3N3O2S2/c11-10(12,13)6-15-20(17,18)16-8(9(14)19)7-4-2-1-3-5-7/h7-8,15-16H,1-6H2,(H2,14,19). The highest BCUT2D eigenvalue weighted by atomic mass is 32.2. The van der Waals surface area contributed by atoms with Gasteiger partial charge in [-0.3, -0.25) is 0 Å². The summed E-state index contributed by atoms with van der Waals surface area (Å²) in [4.78, 5) is -0.0470. The van der Waals surface area contributed by atoms with E-state index in [0.29, 0.717) is 0 Å². The highest BCUT2D eigenvalue weighted by molar-refractivity contribution is 7.87. The van der Waals surface area contributed by atoms with E-state index in [9.17, 15) is 21.6 Å². The first-order chi connectivity index (χ1) is 9.11. The number of halogens is 3. The van der Waals surface area contributed by atoms with E-state index in [-0.39, 0.29) is 10.9 Å². The van der Waals surface area contributed by atoms with Gasteiger partial charge in [0.05, 0.1) is 11.0 Å². The summed E-state index contributed by atoms with van der Waals surface area (Å²) >= 11 is 4.82. The number of hydrogen-bond donors (Lipinski definition) is 3. The number of nitrogens with one attached hydrogen (secondary N) is 2. The van der Waals surface area contributed by atoms with Gasteiger partial charge in [0.15, 0.2) is 0 Å². The molecule has 1 aliphatic carbocycles. The molecule has 0 aromatic rings. The molecule has 0 saturated heterocycles. The highest BCUT2D eigenvalue weighted by Crippen LogP contribution is 2.27. The summed E-state index contributed by atoms with van der Waals surface area (Å²) in [6.07, 6.45) is -0.186. The number of nitrogens with two attached hydrogens (primary N) is 1. The Bertz CT molecular complexity index is 434. The summed E-state index contributed by atoms with van der Waals surface area (Å²) in [5.41, 5.74) is 5.51. The van der Waals surface area contributed by atoms with Crippen LogP contribution in [0, 0.1) is 5.92 Å². The summed E-state index contributed by atoms with van der Waals surface area (Å²) in [5.74, 6) is -0.0660. The zero-order chi connectivity index (χ0) is 15.4. The minimum absolute atomic E-state index is 0.0470. The Labute approximate surface area is 121 Å². The Kier molecular flexibility index (Phi) is 6.17. The van der Waals surface area contributed by atoms with Crippen LogP contribution in [-0.4, -0.2) is 32.2 Å². The Morgan fingerprint density at radius 3 is 2.30 bits per heavy atom. The average molecular weight is 333 g/mol. The Morgan fingerprint density at radius 2 is 1.85 bits per heavy atom. The van der Waals surface area contributed by atoms with E-state index in [2.05, 4.69) is 4.72 Å². The second-order valence-corrected chi connectivity index (χ2v) is 6.84. The van der Waals surface area contributed by atoms with Gasteiger partial charge in [0, 0.05) is 0 Å². The normalized spacial score (nSPS) is 19.8. The molecule has 0 spiro atoms. The van der Waals surface area contributed by atoms with Crippen LogP contribution in [0.4, 0.5) is 13.2 Å². The van der Waals surface area contributed by atoms with Crippen molar-refractivity contribution in [2.45, 2.75) is 44.3 Å². The fourth-order valence-electron chi connectivity index (χ4n) is 2.24. The van der Waals surface area contributed by atoms with Crippen molar-refractivity contribution in [3.8, 4) is 0 Å². The summed E-state index contributed by atoms with van der Waals surface area (Å²) in [6, 6.07) is -0.809. The molecule has 118 valence electrons. The van der Waals surface area contributed by atoms with Gasteiger partial charge in [-0.1, -0.05) is 31.5 Å². The van der Waals surface area contributed by atoms with Crippen molar-refractivity contribution in [3.63, 3.8) is 0 Å². The van der Waals surface area contributed by atoms with Crippen LogP contribution < -0.4 is 15.2 Å². The fraction of sp³-hybridized carbons (Fsp3) is 0.900. The van der Waals surface area contributed by atoms with Gasteiger partial charge in [-0.25, -0.2) is 0 Å². The van der Waals surface area contributed by atoms with Crippen molar-refractivity contribution in [1.29, 1.82) is 0 Å². The molecule has 10 heteroatoms. The van der Waals surface area contributed by atoms with Crippen molar-refractivity contribution in [2.24, 2.45) is 11.7 Å². The van der Waals surface area contributed by atoms with Crippen LogP contribution in [0.25, 0.3) is 0 Å². The average Bonchev–Trinajstić information content (AvgIpc) is 2.34. The first kappa shape index (κ1) is 17.6. The molecule has 0 aromatic heterocycles. The Morgan fingerprint density at radius 1 is 1.30 bits per heavy atom. The second kappa shape index (κ2) is 7.01. The van der Waals surface area contributed by atoms with E-state index in [1.54, 1.807) is 0 Å². The predicted molar refractivity (Wildman–Crippen MR) is 73.3 cm³/mol. The first-order valence-corrected chi connectivity index (χ1v) is 8.13. The maximum absolute atomic E-state index is 12.0. The highest BCUT2D eigenvalue weighted by Gasteiger charge is 2.33. The molecule has 0 heterocycles. The molecule has 1 unspecified atom stereocenters. The van der Waals surface area contributed by atoms with Crippen molar-refractivity contribution in [2.75, 3.05) is 6.54 Å². The maximum atomic E-state index is 12.0. The van der Waals surface area contributed by atoms with E-state index >= 15 is 0 Å². The maximum Gasteiger partial charge on any atom is 0.402 e. The molecule has 0 amide bonds. The molecule has 5 nitrogen and oxygen atoms in total. The molecular weight excluding hydrogens is 315 g/mol. The van der Waals surface area contributed by atoms with Crippen LogP contribution >= 0.6 is 12.2 Å². The lowest BCUT2D eigenvalue weighted by Gasteiger charge is -2.30. The number of alkyl halides is 3. The van der Waals surface area contributed by atoms with Crippen LogP contribution in [-0.2, 0) is 10.2 Å². The van der Waals surface area contributed by atoms with E-state index in [0.717, 1.165) is 32.1 Å². The number of rotatable bonds is 6. The van der Waals surface area contributed by atoms with Crippen LogP contribution in [0.3, 0.4) is 0 Å². The van der Waals surface area contributed by atoms with E-state index < -0.39 is 29.0 Å². The van der Waals surface area contributed by atoms with Gasteiger partial charge >= 0.3 is 6.18 Å². The zero-order valence-electron chi connectivity index (χ0n) is 10.7. The van der Waals surface area contributed by atoms with Gasteiger partial charge in [-0.2, -0.15) is 31.0 Å². The minimum Gasteiger partial charge on any atom is -0.392 e. The largest absolute Gasteiger partial charge is 0.402 e. The third-order valence-electron chi connectivity index (χ3n) is 3.17. The molecule has 4 N–H and O–H groups in total. The quantitative estimate of drug-likeness (QED) is 0.638. The lowest BCUT2D eigenvalue weighted by atomic mass is 9.84. The van der Waals surface area contributed by atoms with Gasteiger partial charge in [-0.05, 0) is 18.8 Å². The van der Waals surface area contributed by atoms with Gasteiger partial charge < -0.3 is 5.73 Å². The SMILES string of the molecule is NC(=S)C(NS(=O)(=O)NCC(F)(F)F)C1CCCCC1. The molecule has 1 atom stereocenters. The summed E-state index contributed by atoms with van der Waals surface area (Å²) in [6.45, 7) is -1.63. The number of thiocarbonyl (C=S) groups is 1. The molecule has 1 rings (SSSR count). The summed E-state index contributed by atoms with van der Waals surface area (Å²) < 4.78 is 62.9. The van der Waals surface area contributed by atoms with Crippen molar-refractivity contribution in [3.05, 3.63) is 0 Å². The molecule has 1 aliphatic rings. The molecule has 0 aromatic carbocycles. The molecular formula is C10H18F3N3O2S2. The molecule has 20 heavy (non-hydrogen) atoms. The Hall–Kier alpha value is -0.450. The molecule has 1 saturated carbocycles. The molecule has 1 fully saturated rings. The zero-order valence-corrected chi connectivity index (χ0v) is 12.4. The van der Waals surface area contributed by atoms with E-state index in [1.165, 1.54) is 4.72 Å². The van der Waals surface area contributed by atoms with Gasteiger partial charge in [0.1, 0.15) is 6.54 Å². The van der Waals surface area contributed by atoms with Crippen LogP contribution in [0.5, 0.6) is 0 Å². The molecule has 0 aliphatic heterocycles. The predicted octanol–water partition coefficient (Wildman–Crippen LogP) is 1.21. The lowest BCUT2D eigenvalue weighted by molar-refractivity contribution is -0.121. The van der Waals surface area contributed by atoms with Crippen LogP contribution in [0.15, 0.2) is 0 Å². The smallest absolute Gasteiger partial charge is 0.392 e. The second-order valence-electron chi connectivity index (χ2n) is 4.84. The van der Waals surface area contributed by atoms with Gasteiger partial charge in [0.25, 0.3) is 10.2 Å².